The van der Waals surface area contributed by atoms with E-state index in [2.05, 4.69) is 26.0 Å². The standard InChI is InChI=1S/C37H39N11O7S3/c1-20-14-26(48-25(40-20)15-46(19-49)45-48)56-16-23-17-57-33-28(42-31(50)27(24-18-58-36(38)41-24)44-55-37(2,3)35(53)43-39)32(51)47(33)29(23)34(52)54-30(21-10-6-4-7-11-21)22-12-8-5-9-13-22/h4-15,18,28,30,33,45,49H,16-17,19,39H2,1-3H3,(H2,38,41)(H,42,50)(H,43,53)/b44-27-/t28?,33-/m1/s1. The van der Waals surface area contributed by atoms with E-state index in [1.54, 1.807) is 11.2 Å². The Hall–Kier alpha value is -5.71. The number of thiazole rings is 1. The van der Waals surface area contributed by atoms with Gasteiger partial charge in [-0.2, -0.15) is 0 Å². The van der Waals surface area contributed by atoms with Crippen LogP contribution in [0, 0.1) is 0 Å². The SMILES string of the molecule is CC1=NC2=CN(CO)NN2C(SCC2=C(C(=O)OC(c3ccccc3)c3ccccc3)N3C(=O)C(NC(=O)/C(=N\OC(C)(C)C(=O)NN)c4csc(N)n4)[C@H]3SC2)=C1. The van der Waals surface area contributed by atoms with Crippen LogP contribution in [0.1, 0.15) is 43.7 Å². The van der Waals surface area contributed by atoms with E-state index >= 15 is 0 Å². The van der Waals surface area contributed by atoms with Crippen LogP contribution in [-0.2, 0) is 28.8 Å². The molecular formula is C37H39N11O7S3. The molecule has 2 aromatic carbocycles. The van der Waals surface area contributed by atoms with E-state index < -0.39 is 46.8 Å². The van der Waals surface area contributed by atoms with Crippen LogP contribution >= 0.6 is 34.9 Å². The molecule has 1 unspecified atom stereocenters. The predicted molar refractivity (Wildman–Crippen MR) is 219 cm³/mol. The van der Waals surface area contributed by atoms with E-state index in [4.69, 9.17) is 21.2 Å². The highest BCUT2D eigenvalue weighted by Crippen LogP contribution is 2.43. The zero-order valence-corrected chi connectivity index (χ0v) is 33.8. The number of oxime groups is 1. The van der Waals surface area contributed by atoms with Gasteiger partial charge in [-0.3, -0.25) is 29.7 Å². The lowest BCUT2D eigenvalue weighted by atomic mass is 10.0. The molecule has 302 valence electrons. The number of aliphatic hydroxyl groups is 1. The zero-order valence-electron chi connectivity index (χ0n) is 31.3. The number of esters is 1. The fraction of sp³-hybridized carbons (Fsp3) is 0.270. The van der Waals surface area contributed by atoms with E-state index in [0.29, 0.717) is 17.1 Å². The molecule has 1 fully saturated rings. The first kappa shape index (κ1) is 40.5. The third-order valence-electron chi connectivity index (χ3n) is 9.10. The van der Waals surface area contributed by atoms with Gasteiger partial charge in [0.2, 0.25) is 5.60 Å². The fourth-order valence-corrected chi connectivity index (χ4v) is 9.26. The number of β-lactam (4-membered cyclic amide) rings is 1. The average Bonchev–Trinajstić information content (AvgIpc) is 3.86. The Labute approximate surface area is 345 Å². The van der Waals surface area contributed by atoms with Gasteiger partial charge in [0.05, 0.1) is 11.2 Å². The predicted octanol–water partition coefficient (Wildman–Crippen LogP) is 2.04. The number of aromatic nitrogens is 1. The third kappa shape index (κ3) is 8.31. The fourth-order valence-electron chi connectivity index (χ4n) is 6.16. The number of carbonyl (C=O) groups is 4. The minimum atomic E-state index is -1.57. The van der Waals surface area contributed by atoms with Crippen LogP contribution in [0.15, 0.2) is 111 Å². The number of fused-ring (bicyclic) bond motifs is 2. The topological polar surface area (TPSA) is 242 Å². The van der Waals surface area contributed by atoms with Gasteiger partial charge in [-0.1, -0.05) is 65.8 Å². The average molecular weight is 846 g/mol. The summed E-state index contributed by atoms with van der Waals surface area (Å²) < 4.78 is 6.31. The number of hydrazine groups is 3. The van der Waals surface area contributed by atoms with E-state index in [9.17, 15) is 24.3 Å². The largest absolute Gasteiger partial charge is 0.448 e. The van der Waals surface area contributed by atoms with Crippen LogP contribution in [0.25, 0.3) is 0 Å². The number of rotatable bonds is 14. The Bertz CT molecular complexity index is 2220. The summed E-state index contributed by atoms with van der Waals surface area (Å²) >= 11 is 3.84. The van der Waals surface area contributed by atoms with Crippen LogP contribution in [0.4, 0.5) is 5.13 Å². The van der Waals surface area contributed by atoms with Gasteiger partial charge in [-0.15, -0.1) is 40.4 Å². The normalized spacial score (nSPS) is 19.1. The van der Waals surface area contributed by atoms with Gasteiger partial charge in [0.1, 0.15) is 29.5 Å². The Kier molecular flexibility index (Phi) is 11.9. The maximum absolute atomic E-state index is 14.6. The minimum Gasteiger partial charge on any atom is -0.448 e. The first-order valence-electron chi connectivity index (χ1n) is 17.7. The first-order chi connectivity index (χ1) is 27.9. The summed E-state index contributed by atoms with van der Waals surface area (Å²) in [6.07, 6.45) is 2.75. The molecule has 0 bridgehead atoms. The number of amides is 3. The number of hydrogen-bond acceptors (Lipinski definition) is 18. The molecule has 21 heteroatoms. The summed E-state index contributed by atoms with van der Waals surface area (Å²) in [5.74, 6) is 3.66. The molecule has 0 spiro atoms. The molecule has 1 saturated heterocycles. The van der Waals surface area contributed by atoms with Crippen LogP contribution in [0.3, 0.4) is 0 Å². The Morgan fingerprint density at radius 3 is 2.45 bits per heavy atom. The molecule has 0 saturated carbocycles. The number of carbonyl (C=O) groups excluding carboxylic acids is 4. The van der Waals surface area contributed by atoms with Gasteiger partial charge in [0, 0.05) is 22.6 Å². The molecule has 0 aliphatic carbocycles. The maximum Gasteiger partial charge on any atom is 0.356 e. The van der Waals surface area contributed by atoms with Crippen molar-refractivity contribution in [1.82, 2.24) is 36.2 Å². The highest BCUT2D eigenvalue weighted by molar-refractivity contribution is 8.03. The van der Waals surface area contributed by atoms with E-state index in [0.717, 1.165) is 33.2 Å². The molecule has 8 N–H and O–H groups in total. The van der Waals surface area contributed by atoms with Gasteiger partial charge in [0.15, 0.2) is 22.8 Å². The van der Waals surface area contributed by atoms with Crippen molar-refractivity contribution >= 4 is 75.1 Å². The smallest absolute Gasteiger partial charge is 0.356 e. The highest BCUT2D eigenvalue weighted by Gasteiger charge is 2.55. The monoisotopic (exact) mass is 845 g/mol. The summed E-state index contributed by atoms with van der Waals surface area (Å²) in [5, 5.41) is 21.3. The second-order valence-corrected chi connectivity index (χ2v) is 16.6. The highest BCUT2D eigenvalue weighted by atomic mass is 32.2. The number of benzene rings is 2. The van der Waals surface area contributed by atoms with Crippen molar-refractivity contribution in [3.63, 3.8) is 0 Å². The number of anilines is 1. The third-order valence-corrected chi connectivity index (χ3v) is 12.2. The van der Waals surface area contributed by atoms with Gasteiger partial charge >= 0.3 is 5.97 Å². The molecule has 5 heterocycles. The molecule has 7 rings (SSSR count). The van der Waals surface area contributed by atoms with Crippen molar-refractivity contribution in [2.45, 2.75) is 43.9 Å². The minimum absolute atomic E-state index is 0.0603. The van der Waals surface area contributed by atoms with Crippen LogP contribution in [-0.4, -0.2) is 95.4 Å². The number of nitrogens with two attached hydrogens (primary N) is 2. The van der Waals surface area contributed by atoms with Gasteiger partial charge in [0.25, 0.3) is 17.7 Å². The van der Waals surface area contributed by atoms with E-state index in [1.807, 2.05) is 79.1 Å². The molecule has 3 amide bonds. The van der Waals surface area contributed by atoms with E-state index in [-0.39, 0.29) is 34.7 Å². The van der Waals surface area contributed by atoms with Gasteiger partial charge in [-0.05, 0) is 43.5 Å². The molecule has 3 aromatic rings. The number of nitrogens with zero attached hydrogens (tertiary/aromatic N) is 6. The summed E-state index contributed by atoms with van der Waals surface area (Å²) in [7, 11) is 0. The molecule has 4 aliphatic rings. The van der Waals surface area contributed by atoms with Crippen molar-refractivity contribution in [3.05, 3.63) is 117 Å². The van der Waals surface area contributed by atoms with Crippen LogP contribution < -0.4 is 27.9 Å². The number of hydrogen-bond donors (Lipinski definition) is 6. The molecule has 1 aromatic heterocycles. The number of allylic oxidation sites excluding steroid dienone is 1. The lowest BCUT2D eigenvalue weighted by molar-refractivity contribution is -0.154. The second kappa shape index (κ2) is 17.0. The van der Waals surface area contributed by atoms with E-state index in [1.165, 1.54) is 52.7 Å². The molecule has 2 atom stereocenters. The maximum atomic E-state index is 14.6. The quantitative estimate of drug-likeness (QED) is 0.0340. The number of nitrogen functional groups attached to an aromatic ring is 1. The number of ether oxygens (including phenoxy) is 1. The summed E-state index contributed by atoms with van der Waals surface area (Å²) in [6, 6.07) is 17.5. The summed E-state index contributed by atoms with van der Waals surface area (Å²) in [4.78, 5) is 70.4. The number of thioether (sulfide) groups is 2. The Balaban J connectivity index is 1.18. The first-order valence-corrected chi connectivity index (χ1v) is 20.6. The van der Waals surface area contributed by atoms with Crippen molar-refractivity contribution in [1.29, 1.82) is 0 Å². The molecule has 4 aliphatic heterocycles. The lowest BCUT2D eigenvalue weighted by Crippen LogP contribution is -2.71. The molecular weight excluding hydrogens is 807 g/mol. The Morgan fingerprint density at radius 1 is 1.14 bits per heavy atom. The molecule has 0 radical (unpaired) electrons. The summed E-state index contributed by atoms with van der Waals surface area (Å²) in [5.41, 5.74) is 12.0. The Morgan fingerprint density at radius 2 is 1.83 bits per heavy atom. The lowest BCUT2D eigenvalue weighted by Gasteiger charge is -2.49. The summed E-state index contributed by atoms with van der Waals surface area (Å²) in [6.45, 7) is 4.37. The van der Waals surface area contributed by atoms with Crippen LogP contribution in [0.5, 0.6) is 0 Å². The van der Waals surface area contributed by atoms with Gasteiger partial charge in [-0.25, -0.2) is 25.6 Å². The molecule has 18 nitrogen and oxygen atoms in total. The van der Waals surface area contributed by atoms with Crippen molar-refractivity contribution < 1.29 is 33.9 Å². The van der Waals surface area contributed by atoms with Crippen molar-refractivity contribution in [2.75, 3.05) is 24.0 Å². The number of aliphatic hydroxyl groups excluding tert-OH is 1. The number of nitrogens with one attached hydrogen (secondary N) is 3. The molecule has 58 heavy (non-hydrogen) atoms. The van der Waals surface area contributed by atoms with Crippen molar-refractivity contribution in [2.24, 2.45) is 16.0 Å². The number of aliphatic imine (C=N–C) groups is 1. The second-order valence-electron chi connectivity index (χ2n) is 13.6. The van der Waals surface area contributed by atoms with Gasteiger partial charge < -0.3 is 25.7 Å². The zero-order chi connectivity index (χ0) is 41.1. The van der Waals surface area contributed by atoms with Crippen molar-refractivity contribution in [3.8, 4) is 0 Å². The van der Waals surface area contributed by atoms with Crippen LogP contribution in [0.2, 0.25) is 0 Å².